The van der Waals surface area contributed by atoms with Crippen molar-refractivity contribution < 1.29 is 0 Å². The lowest BCUT2D eigenvalue weighted by Crippen LogP contribution is -2.00. The quantitative estimate of drug-likeness (QED) is 0.153. The largest absolute Gasteiger partial charge is 0.265 e. The summed E-state index contributed by atoms with van der Waals surface area (Å²) < 4.78 is 0. The summed E-state index contributed by atoms with van der Waals surface area (Å²) in [6.45, 7) is 0. The van der Waals surface area contributed by atoms with Gasteiger partial charge in [0.1, 0.15) is 0 Å². The molecule has 0 N–H and O–H groups in total. The van der Waals surface area contributed by atoms with Crippen molar-refractivity contribution in [3.05, 3.63) is 195 Å². The van der Waals surface area contributed by atoms with Crippen molar-refractivity contribution in [1.82, 2.24) is 29.9 Å². The molecule has 0 aliphatic rings. The minimum Gasteiger partial charge on any atom is -0.265 e. The summed E-state index contributed by atoms with van der Waals surface area (Å²) in [7, 11) is 0. The molecule has 4 heterocycles. The zero-order valence-corrected chi connectivity index (χ0v) is 30.2. The number of nitrogens with zero attached hydrogens (tertiary/aromatic N) is 6. The second-order valence-electron chi connectivity index (χ2n) is 13.6. The summed E-state index contributed by atoms with van der Waals surface area (Å²) in [5.74, 6) is 1.87. The van der Waals surface area contributed by atoms with Gasteiger partial charge in [-0.1, -0.05) is 146 Å². The van der Waals surface area contributed by atoms with E-state index in [9.17, 15) is 0 Å². The first-order valence-electron chi connectivity index (χ1n) is 18.5. The summed E-state index contributed by atoms with van der Waals surface area (Å²) in [5, 5.41) is 3.42. The first-order chi connectivity index (χ1) is 27.7. The summed E-state index contributed by atoms with van der Waals surface area (Å²) >= 11 is 0. The van der Waals surface area contributed by atoms with Gasteiger partial charge < -0.3 is 0 Å². The number of hydrogen-bond donors (Lipinski definition) is 0. The maximum Gasteiger partial charge on any atom is 0.164 e. The van der Waals surface area contributed by atoms with Crippen LogP contribution < -0.4 is 0 Å². The normalized spacial score (nSPS) is 11.2. The van der Waals surface area contributed by atoms with Crippen molar-refractivity contribution in [3.8, 4) is 78.9 Å². The Morgan fingerprint density at radius 2 is 0.786 bits per heavy atom. The molecule has 4 aromatic heterocycles. The van der Waals surface area contributed by atoms with Gasteiger partial charge in [0.15, 0.2) is 17.5 Å². The lowest BCUT2D eigenvalue weighted by molar-refractivity contribution is 1.07. The molecule has 0 bridgehead atoms. The maximum atomic E-state index is 5.04. The Kier molecular flexibility index (Phi) is 8.39. The number of hydrogen-bond acceptors (Lipinski definition) is 6. The zero-order chi connectivity index (χ0) is 37.3. The van der Waals surface area contributed by atoms with Gasteiger partial charge in [-0.25, -0.2) is 19.9 Å². The number of fused-ring (bicyclic) bond motifs is 3. The van der Waals surface area contributed by atoms with Gasteiger partial charge in [0.2, 0.25) is 0 Å². The summed E-state index contributed by atoms with van der Waals surface area (Å²) in [6.07, 6.45) is 5.55. The van der Waals surface area contributed by atoms with E-state index < -0.39 is 0 Å². The van der Waals surface area contributed by atoms with E-state index in [0.29, 0.717) is 17.5 Å². The van der Waals surface area contributed by atoms with Crippen molar-refractivity contribution >= 4 is 21.7 Å². The lowest BCUT2D eigenvalue weighted by Gasteiger charge is -2.11. The minimum atomic E-state index is 0.618. The van der Waals surface area contributed by atoms with Crippen LogP contribution in [0.4, 0.5) is 0 Å². The van der Waals surface area contributed by atoms with E-state index in [2.05, 4.69) is 132 Å². The van der Waals surface area contributed by atoms with Crippen LogP contribution in [0.15, 0.2) is 195 Å². The fourth-order valence-corrected chi connectivity index (χ4v) is 7.20. The second kappa shape index (κ2) is 14.3. The van der Waals surface area contributed by atoms with E-state index in [4.69, 9.17) is 24.9 Å². The molecule has 6 nitrogen and oxygen atoms in total. The molecule has 56 heavy (non-hydrogen) atoms. The van der Waals surface area contributed by atoms with Crippen molar-refractivity contribution in [2.45, 2.75) is 0 Å². The molecule has 10 aromatic rings. The molecule has 0 amide bonds. The second-order valence-corrected chi connectivity index (χ2v) is 13.6. The van der Waals surface area contributed by atoms with Crippen molar-refractivity contribution in [2.24, 2.45) is 0 Å². The Balaban J connectivity index is 0.948. The average Bonchev–Trinajstić information content (AvgIpc) is 3.29. The number of benzene rings is 6. The number of aromatic nitrogens is 6. The van der Waals surface area contributed by atoms with E-state index in [1.807, 2.05) is 54.7 Å². The summed E-state index contributed by atoms with van der Waals surface area (Å²) in [6, 6.07) is 60.2. The predicted octanol–water partition coefficient (Wildman–Crippen LogP) is 12.0. The Morgan fingerprint density at radius 3 is 1.43 bits per heavy atom. The van der Waals surface area contributed by atoms with Gasteiger partial charge in [-0.15, -0.1) is 0 Å². The molecular formula is C50H32N6. The van der Waals surface area contributed by atoms with Crippen LogP contribution in [-0.2, 0) is 0 Å². The van der Waals surface area contributed by atoms with Crippen LogP contribution in [0.3, 0.4) is 0 Å². The monoisotopic (exact) mass is 716 g/mol. The van der Waals surface area contributed by atoms with Gasteiger partial charge in [-0.05, 0) is 63.5 Å². The van der Waals surface area contributed by atoms with Gasteiger partial charge in [-0.2, -0.15) is 0 Å². The molecule has 10 rings (SSSR count). The topological polar surface area (TPSA) is 77.3 Å². The zero-order valence-electron chi connectivity index (χ0n) is 30.2. The van der Waals surface area contributed by atoms with Crippen molar-refractivity contribution in [3.63, 3.8) is 0 Å². The molecule has 0 radical (unpaired) electrons. The molecule has 6 heteroatoms. The van der Waals surface area contributed by atoms with Gasteiger partial charge in [-0.3, -0.25) is 9.97 Å². The molecule has 0 saturated carbocycles. The van der Waals surface area contributed by atoms with E-state index in [0.717, 1.165) is 77.7 Å². The molecule has 0 aliphatic carbocycles. The fourth-order valence-electron chi connectivity index (χ4n) is 7.20. The highest BCUT2D eigenvalue weighted by Gasteiger charge is 2.14. The molecule has 0 aliphatic heterocycles. The predicted molar refractivity (Wildman–Crippen MR) is 226 cm³/mol. The van der Waals surface area contributed by atoms with Crippen LogP contribution in [0, 0.1) is 0 Å². The van der Waals surface area contributed by atoms with E-state index >= 15 is 0 Å². The smallest absolute Gasteiger partial charge is 0.164 e. The Morgan fingerprint density at radius 1 is 0.304 bits per heavy atom. The number of pyridine rings is 3. The number of rotatable bonds is 7. The molecule has 0 saturated heterocycles. The molecular weight excluding hydrogens is 685 g/mol. The lowest BCUT2D eigenvalue weighted by atomic mass is 9.98. The van der Waals surface area contributed by atoms with Gasteiger partial charge in [0, 0.05) is 51.6 Å². The van der Waals surface area contributed by atoms with Crippen molar-refractivity contribution in [2.75, 3.05) is 0 Å². The van der Waals surface area contributed by atoms with E-state index in [1.54, 1.807) is 12.4 Å². The highest BCUT2D eigenvalue weighted by molar-refractivity contribution is 6.10. The standard InChI is InChI=1S/C50H32N6/c1-2-9-36(10-3-1)48-54-49(37-21-17-33(18-22-37)35-27-29-51-30-28-35)56-50(55-48)38-23-19-34(20-24-38)39-11-8-12-40(31-39)41-25-26-46(52-32-41)47-44-15-5-4-13-42(44)43-14-6-7-16-45(43)53-47/h1-32H. The molecule has 0 atom stereocenters. The maximum absolute atomic E-state index is 5.04. The summed E-state index contributed by atoms with van der Waals surface area (Å²) in [4.78, 5) is 28.9. The van der Waals surface area contributed by atoms with Crippen molar-refractivity contribution in [1.29, 1.82) is 0 Å². The minimum absolute atomic E-state index is 0.618. The first kappa shape index (κ1) is 32.9. The highest BCUT2D eigenvalue weighted by Crippen LogP contribution is 2.34. The van der Waals surface area contributed by atoms with Gasteiger partial charge in [0.05, 0.1) is 16.9 Å². The molecule has 262 valence electrons. The van der Waals surface area contributed by atoms with E-state index in [-0.39, 0.29) is 0 Å². The van der Waals surface area contributed by atoms with Gasteiger partial charge in [0.25, 0.3) is 0 Å². The molecule has 6 aromatic carbocycles. The SMILES string of the molecule is c1ccc(-c2nc(-c3ccc(-c4ccncc4)cc3)nc(-c3ccc(-c4cccc(-c5ccc(-c6nc7ccccc7c7ccccc67)nc5)c4)cc3)n2)cc1. The van der Waals surface area contributed by atoms with Gasteiger partial charge >= 0.3 is 0 Å². The van der Waals surface area contributed by atoms with Crippen LogP contribution >= 0.6 is 0 Å². The van der Waals surface area contributed by atoms with Crippen LogP contribution in [0.5, 0.6) is 0 Å². The summed E-state index contributed by atoms with van der Waals surface area (Å²) in [5.41, 5.74) is 12.0. The van der Waals surface area contributed by atoms with Crippen LogP contribution in [-0.4, -0.2) is 29.9 Å². The Bertz CT molecular complexity index is 2980. The molecule has 0 fully saturated rings. The number of para-hydroxylation sites is 1. The van der Waals surface area contributed by atoms with Crippen LogP contribution in [0.25, 0.3) is 101 Å². The highest BCUT2D eigenvalue weighted by atomic mass is 15.0. The molecule has 0 spiro atoms. The third kappa shape index (κ3) is 6.35. The third-order valence-corrected chi connectivity index (χ3v) is 10.1. The van der Waals surface area contributed by atoms with E-state index in [1.165, 1.54) is 5.39 Å². The van der Waals surface area contributed by atoms with Crippen LogP contribution in [0.1, 0.15) is 0 Å². The third-order valence-electron chi connectivity index (χ3n) is 10.1. The Labute approximate surface area is 324 Å². The van der Waals surface area contributed by atoms with Crippen LogP contribution in [0.2, 0.25) is 0 Å². The first-order valence-corrected chi connectivity index (χ1v) is 18.5. The average molecular weight is 717 g/mol. The molecule has 0 unspecified atom stereocenters. The fraction of sp³-hybridized carbons (Fsp3) is 0. The Hall–Kier alpha value is -7.70.